The standard InChI is InChI=1S/C18H20ClN5O2/c1-3-23-16(8-10-20-23)13(2)22-18(25)17-9-11-21-24(17)12-26-15-6-4-14(19)5-7-15/h4-11,13H,3,12H2,1-2H3,(H,22,25). The summed E-state index contributed by atoms with van der Waals surface area (Å²) in [5, 5.41) is 12.0. The van der Waals surface area contributed by atoms with E-state index in [0.29, 0.717) is 16.5 Å². The number of aryl methyl sites for hydroxylation is 1. The summed E-state index contributed by atoms with van der Waals surface area (Å²) in [6, 6.07) is 10.4. The molecule has 26 heavy (non-hydrogen) atoms. The molecule has 0 saturated carbocycles. The number of carbonyl (C=O) groups is 1. The molecule has 3 rings (SSSR count). The van der Waals surface area contributed by atoms with E-state index >= 15 is 0 Å². The summed E-state index contributed by atoms with van der Waals surface area (Å²) in [5.74, 6) is 0.426. The number of nitrogens with zero attached hydrogens (tertiary/aromatic N) is 4. The van der Waals surface area contributed by atoms with Crippen molar-refractivity contribution >= 4 is 17.5 Å². The van der Waals surface area contributed by atoms with Crippen molar-refractivity contribution in [2.45, 2.75) is 33.2 Å². The van der Waals surface area contributed by atoms with Crippen LogP contribution in [0.4, 0.5) is 0 Å². The van der Waals surface area contributed by atoms with Crippen molar-refractivity contribution in [3.8, 4) is 5.75 Å². The molecule has 0 spiro atoms. The highest BCUT2D eigenvalue weighted by atomic mass is 35.5. The van der Waals surface area contributed by atoms with Crippen LogP contribution in [0.3, 0.4) is 0 Å². The van der Waals surface area contributed by atoms with Gasteiger partial charge >= 0.3 is 0 Å². The van der Waals surface area contributed by atoms with Crippen LogP contribution in [0.1, 0.15) is 36.1 Å². The Hall–Kier alpha value is -2.80. The smallest absolute Gasteiger partial charge is 0.270 e. The number of benzene rings is 1. The van der Waals surface area contributed by atoms with Gasteiger partial charge in [0.15, 0.2) is 6.73 Å². The fourth-order valence-electron chi connectivity index (χ4n) is 2.61. The molecular weight excluding hydrogens is 354 g/mol. The minimum absolute atomic E-state index is 0.124. The van der Waals surface area contributed by atoms with Crippen molar-refractivity contribution < 1.29 is 9.53 Å². The minimum atomic E-state index is -0.224. The molecule has 136 valence electrons. The Labute approximate surface area is 156 Å². The van der Waals surface area contributed by atoms with Crippen LogP contribution in [0.5, 0.6) is 5.75 Å². The highest BCUT2D eigenvalue weighted by Gasteiger charge is 2.18. The van der Waals surface area contributed by atoms with Crippen LogP contribution in [0.25, 0.3) is 0 Å². The maximum absolute atomic E-state index is 12.6. The van der Waals surface area contributed by atoms with Crippen molar-refractivity contribution in [1.82, 2.24) is 24.9 Å². The van der Waals surface area contributed by atoms with E-state index in [1.54, 1.807) is 42.7 Å². The molecule has 1 unspecified atom stereocenters. The van der Waals surface area contributed by atoms with Crippen LogP contribution >= 0.6 is 11.6 Å². The van der Waals surface area contributed by atoms with E-state index in [1.165, 1.54) is 4.68 Å². The Morgan fingerprint density at radius 3 is 2.58 bits per heavy atom. The van der Waals surface area contributed by atoms with Crippen LogP contribution in [0, 0.1) is 0 Å². The monoisotopic (exact) mass is 373 g/mol. The van der Waals surface area contributed by atoms with Gasteiger partial charge in [0.25, 0.3) is 5.91 Å². The maximum atomic E-state index is 12.6. The predicted molar refractivity (Wildman–Crippen MR) is 98.1 cm³/mol. The summed E-state index contributed by atoms with van der Waals surface area (Å²) < 4.78 is 9.02. The molecule has 1 aromatic carbocycles. The van der Waals surface area contributed by atoms with Gasteiger partial charge in [-0.15, -0.1) is 0 Å². The van der Waals surface area contributed by atoms with Gasteiger partial charge in [-0.2, -0.15) is 10.2 Å². The van der Waals surface area contributed by atoms with Gasteiger partial charge in [-0.3, -0.25) is 9.48 Å². The lowest BCUT2D eigenvalue weighted by Crippen LogP contribution is -2.30. The average molecular weight is 374 g/mol. The van der Waals surface area contributed by atoms with E-state index in [9.17, 15) is 4.79 Å². The third-order valence-electron chi connectivity index (χ3n) is 3.96. The molecule has 0 aliphatic rings. The molecule has 3 aromatic rings. The second-order valence-electron chi connectivity index (χ2n) is 5.71. The fraction of sp³-hybridized carbons (Fsp3) is 0.278. The summed E-state index contributed by atoms with van der Waals surface area (Å²) in [5.41, 5.74) is 1.37. The first-order valence-electron chi connectivity index (χ1n) is 8.31. The lowest BCUT2D eigenvalue weighted by atomic mass is 10.2. The lowest BCUT2D eigenvalue weighted by Gasteiger charge is -2.16. The van der Waals surface area contributed by atoms with Gasteiger partial charge in [0.2, 0.25) is 0 Å². The summed E-state index contributed by atoms with van der Waals surface area (Å²) in [6.45, 7) is 4.80. The Balaban J connectivity index is 1.65. The zero-order valence-electron chi connectivity index (χ0n) is 14.6. The molecule has 1 atom stereocenters. The molecule has 2 heterocycles. The number of carbonyl (C=O) groups excluding carboxylic acids is 1. The molecule has 0 aliphatic heterocycles. The SMILES string of the molecule is CCn1nccc1C(C)NC(=O)c1ccnn1COc1ccc(Cl)cc1. The van der Waals surface area contributed by atoms with E-state index in [2.05, 4.69) is 15.5 Å². The molecule has 7 nitrogen and oxygen atoms in total. The van der Waals surface area contributed by atoms with Crippen molar-refractivity contribution in [2.24, 2.45) is 0 Å². The largest absolute Gasteiger partial charge is 0.471 e. The van der Waals surface area contributed by atoms with Gasteiger partial charge in [0.05, 0.1) is 11.7 Å². The molecule has 0 aliphatic carbocycles. The average Bonchev–Trinajstić information content (AvgIpc) is 3.30. The van der Waals surface area contributed by atoms with Gasteiger partial charge in [-0.05, 0) is 50.2 Å². The Morgan fingerprint density at radius 1 is 1.15 bits per heavy atom. The van der Waals surface area contributed by atoms with Gasteiger partial charge < -0.3 is 10.1 Å². The van der Waals surface area contributed by atoms with Crippen molar-refractivity contribution in [3.05, 3.63) is 65.2 Å². The Morgan fingerprint density at radius 2 is 1.85 bits per heavy atom. The number of nitrogens with one attached hydrogen (secondary N) is 1. The third-order valence-corrected chi connectivity index (χ3v) is 4.21. The van der Waals surface area contributed by atoms with Gasteiger partial charge in [-0.1, -0.05) is 11.6 Å². The Bertz CT molecular complexity index is 872. The number of rotatable bonds is 7. The van der Waals surface area contributed by atoms with E-state index in [0.717, 1.165) is 12.2 Å². The van der Waals surface area contributed by atoms with Crippen LogP contribution in [0.15, 0.2) is 48.8 Å². The van der Waals surface area contributed by atoms with Crippen LogP contribution < -0.4 is 10.1 Å². The van der Waals surface area contributed by atoms with E-state index in [4.69, 9.17) is 16.3 Å². The highest BCUT2D eigenvalue weighted by Crippen LogP contribution is 2.16. The first-order chi connectivity index (χ1) is 12.6. The van der Waals surface area contributed by atoms with Gasteiger partial charge in [0, 0.05) is 24.0 Å². The second kappa shape index (κ2) is 8.05. The molecule has 0 bridgehead atoms. The molecule has 1 amide bonds. The maximum Gasteiger partial charge on any atom is 0.270 e. The summed E-state index contributed by atoms with van der Waals surface area (Å²) in [7, 11) is 0. The number of ether oxygens (including phenoxy) is 1. The molecule has 0 fully saturated rings. The van der Waals surface area contributed by atoms with Crippen LogP contribution in [0.2, 0.25) is 5.02 Å². The van der Waals surface area contributed by atoms with Crippen molar-refractivity contribution in [2.75, 3.05) is 0 Å². The first-order valence-corrected chi connectivity index (χ1v) is 8.69. The summed E-state index contributed by atoms with van der Waals surface area (Å²) in [4.78, 5) is 12.6. The van der Waals surface area contributed by atoms with E-state index in [-0.39, 0.29) is 18.7 Å². The van der Waals surface area contributed by atoms with E-state index in [1.807, 2.05) is 24.6 Å². The first kappa shape index (κ1) is 18.0. The van der Waals surface area contributed by atoms with Gasteiger partial charge in [0.1, 0.15) is 11.4 Å². The topological polar surface area (TPSA) is 74.0 Å². The molecular formula is C18H20ClN5O2. The van der Waals surface area contributed by atoms with Crippen molar-refractivity contribution in [3.63, 3.8) is 0 Å². The zero-order valence-corrected chi connectivity index (χ0v) is 15.3. The van der Waals surface area contributed by atoms with Crippen molar-refractivity contribution in [1.29, 1.82) is 0 Å². The normalized spacial score (nSPS) is 12.0. The fourth-order valence-corrected chi connectivity index (χ4v) is 2.74. The zero-order chi connectivity index (χ0) is 18.5. The molecule has 2 aromatic heterocycles. The molecule has 0 radical (unpaired) electrons. The van der Waals surface area contributed by atoms with Crippen LogP contribution in [-0.2, 0) is 13.3 Å². The van der Waals surface area contributed by atoms with Crippen LogP contribution in [-0.4, -0.2) is 25.5 Å². The second-order valence-corrected chi connectivity index (χ2v) is 6.15. The Kier molecular flexibility index (Phi) is 5.58. The quantitative estimate of drug-likeness (QED) is 0.689. The summed E-state index contributed by atoms with van der Waals surface area (Å²) in [6.07, 6.45) is 3.30. The third kappa shape index (κ3) is 4.05. The molecule has 0 saturated heterocycles. The predicted octanol–water partition coefficient (Wildman–Crippen LogP) is 3.28. The number of aromatic nitrogens is 4. The number of hydrogen-bond donors (Lipinski definition) is 1. The molecule has 1 N–H and O–H groups in total. The lowest BCUT2D eigenvalue weighted by molar-refractivity contribution is 0.0917. The van der Waals surface area contributed by atoms with E-state index < -0.39 is 0 Å². The number of hydrogen-bond acceptors (Lipinski definition) is 4. The molecule has 8 heteroatoms. The highest BCUT2D eigenvalue weighted by molar-refractivity contribution is 6.30. The minimum Gasteiger partial charge on any atom is -0.471 e. The van der Waals surface area contributed by atoms with Gasteiger partial charge in [-0.25, -0.2) is 4.68 Å². The summed E-state index contributed by atoms with van der Waals surface area (Å²) >= 11 is 5.86. The number of amides is 1. The number of halogens is 1.